The molecule has 0 rings (SSSR count). The second kappa shape index (κ2) is 25.1. The van der Waals surface area contributed by atoms with Crippen molar-refractivity contribution in [3.8, 4) is 0 Å². The maximum absolute atomic E-state index is 9.63. The number of nitrogens with zero attached hydrogens (tertiary/aromatic N) is 4. The molecule has 144 valence electrons. The van der Waals surface area contributed by atoms with Crippen molar-refractivity contribution in [3.05, 3.63) is 35.3 Å². The number of hydrogen-bond donors (Lipinski definition) is 5. The third kappa shape index (κ3) is 124. The molecule has 0 aromatic heterocycles. The molecule has 0 aliphatic rings. The molecule has 0 aliphatic carbocycles. The molecule has 17 nitrogen and oxygen atoms in total. The van der Waals surface area contributed by atoms with Gasteiger partial charge in [-0.05, 0) is 12.8 Å². The van der Waals surface area contributed by atoms with Crippen LogP contribution >= 0.6 is 0 Å². The van der Waals surface area contributed by atoms with Gasteiger partial charge in [0.05, 0.1) is 19.8 Å². The van der Waals surface area contributed by atoms with Crippen LogP contribution in [0.1, 0.15) is 12.8 Å². The Hall–Kier alpha value is -2.92. The fourth-order valence-corrected chi connectivity index (χ4v) is 0.653. The van der Waals surface area contributed by atoms with Crippen LogP contribution < -0.4 is 0 Å². The number of unbranched alkanes of at least 4 members (excludes halogenated alkanes) is 1. The Kier molecular flexibility index (Phi) is 30.4. The number of nitroso groups, excluding NO2 is 1. The predicted molar refractivity (Wildman–Crippen MR) is 70.2 cm³/mol. The number of aliphatic hydroxyl groups excluding tert-OH is 2. The molecular formula is C7H18N4O13. The van der Waals surface area contributed by atoms with Crippen molar-refractivity contribution in [2.45, 2.75) is 18.9 Å². The zero-order chi connectivity index (χ0) is 20.0. The van der Waals surface area contributed by atoms with Crippen LogP contribution in [0.25, 0.3) is 0 Å². The Balaban J connectivity index is -0.000000137. The van der Waals surface area contributed by atoms with E-state index in [1.165, 1.54) is 0 Å². The number of rotatable bonds is 8. The Bertz CT molecular complexity index is 287. The van der Waals surface area contributed by atoms with Gasteiger partial charge in [0.1, 0.15) is 6.10 Å². The highest BCUT2D eigenvalue weighted by Crippen LogP contribution is 1.92. The Labute approximate surface area is 133 Å². The van der Waals surface area contributed by atoms with Crippen molar-refractivity contribution >= 4 is 0 Å². The highest BCUT2D eigenvalue weighted by atomic mass is 16.9. The Morgan fingerprint density at radius 3 is 1.62 bits per heavy atom. The Morgan fingerprint density at radius 1 is 0.958 bits per heavy atom. The molecule has 0 spiro atoms. The summed E-state index contributed by atoms with van der Waals surface area (Å²) >= 11 is 0. The molecule has 5 N–H and O–H groups in total. The lowest BCUT2D eigenvalue weighted by Crippen LogP contribution is -2.19. The number of hydrogen-bond acceptors (Lipinski definition) is 11. The van der Waals surface area contributed by atoms with E-state index in [-0.39, 0.29) is 13.2 Å². The summed E-state index contributed by atoms with van der Waals surface area (Å²) in [6.07, 6.45) is 0.664. The minimum Gasteiger partial charge on any atom is -0.394 e. The molecule has 0 saturated carbocycles. The molecule has 0 amide bonds. The summed E-state index contributed by atoms with van der Waals surface area (Å²) in [6.45, 7) is 0.666. The molecule has 0 radical (unpaired) electrons. The first kappa shape index (κ1) is 29.1. The average Bonchev–Trinajstić information content (AvgIpc) is 2.40. The monoisotopic (exact) mass is 366 g/mol. The summed E-state index contributed by atoms with van der Waals surface area (Å²) < 4.78 is 4.98. The lowest BCUT2D eigenvalue weighted by Gasteiger charge is -2.06. The van der Waals surface area contributed by atoms with Gasteiger partial charge in [-0.15, -0.1) is 30.3 Å². The van der Waals surface area contributed by atoms with Crippen LogP contribution in [0.15, 0.2) is 5.18 Å². The summed E-state index contributed by atoms with van der Waals surface area (Å²) in [5.74, 6) is 0. The molecule has 0 aromatic rings. The van der Waals surface area contributed by atoms with Gasteiger partial charge in [0.15, 0.2) is 0 Å². The molecule has 0 aromatic carbocycles. The van der Waals surface area contributed by atoms with Gasteiger partial charge >= 0.3 is 0 Å². The van der Waals surface area contributed by atoms with Gasteiger partial charge in [-0.3, -0.25) is 0 Å². The van der Waals surface area contributed by atoms with Gasteiger partial charge in [-0.2, -0.15) is 4.91 Å². The van der Waals surface area contributed by atoms with Gasteiger partial charge < -0.3 is 30.6 Å². The SMILES string of the molecule is O=NCCCCOCC(O)CO.O=[N+]([O-])O.O=[N+]([O-])O.O=[N+]([O-])O. The van der Waals surface area contributed by atoms with Gasteiger partial charge in [-0.1, -0.05) is 5.18 Å². The van der Waals surface area contributed by atoms with Crippen molar-refractivity contribution in [2.24, 2.45) is 5.18 Å². The lowest BCUT2D eigenvalue weighted by molar-refractivity contribution is -0.742. The van der Waals surface area contributed by atoms with Crippen molar-refractivity contribution in [3.63, 3.8) is 0 Å². The summed E-state index contributed by atoms with van der Waals surface area (Å²) in [6, 6.07) is 0. The maximum Gasteiger partial charge on any atom is 0.291 e. The predicted octanol–water partition coefficient (Wildman–Crippen LogP) is -1.14. The van der Waals surface area contributed by atoms with Gasteiger partial charge in [-0.25, -0.2) is 0 Å². The summed E-state index contributed by atoms with van der Waals surface area (Å²) in [5, 5.41) is 60.8. The first-order chi connectivity index (χ1) is 11.0. The van der Waals surface area contributed by atoms with Crippen molar-refractivity contribution < 1.29 is 45.8 Å². The van der Waals surface area contributed by atoms with Crippen molar-refractivity contribution in [1.29, 1.82) is 0 Å². The molecular weight excluding hydrogens is 348 g/mol. The molecule has 0 saturated heterocycles. The van der Waals surface area contributed by atoms with E-state index in [0.717, 1.165) is 6.42 Å². The Morgan fingerprint density at radius 2 is 1.33 bits per heavy atom. The van der Waals surface area contributed by atoms with E-state index < -0.39 is 21.4 Å². The normalized spacial score (nSPS) is 9.42. The third-order valence-corrected chi connectivity index (χ3v) is 1.31. The van der Waals surface area contributed by atoms with E-state index >= 15 is 0 Å². The van der Waals surface area contributed by atoms with Crippen LogP contribution in [0.4, 0.5) is 0 Å². The summed E-state index contributed by atoms with van der Waals surface area (Å²) in [4.78, 5) is 34.7. The van der Waals surface area contributed by atoms with Crippen LogP contribution in [0.5, 0.6) is 0 Å². The molecule has 0 heterocycles. The highest BCUT2D eigenvalue weighted by Gasteiger charge is 2.00. The van der Waals surface area contributed by atoms with E-state index in [4.69, 9.17) is 60.9 Å². The van der Waals surface area contributed by atoms with Gasteiger partial charge in [0, 0.05) is 6.61 Å². The van der Waals surface area contributed by atoms with Crippen molar-refractivity contribution in [1.82, 2.24) is 0 Å². The van der Waals surface area contributed by atoms with Crippen LogP contribution in [0.2, 0.25) is 0 Å². The van der Waals surface area contributed by atoms with Crippen LogP contribution in [0, 0.1) is 35.3 Å². The first-order valence-corrected chi connectivity index (χ1v) is 5.66. The summed E-state index contributed by atoms with van der Waals surface area (Å²) in [5.41, 5.74) is 0. The largest absolute Gasteiger partial charge is 0.394 e. The zero-order valence-corrected chi connectivity index (χ0v) is 12.1. The maximum atomic E-state index is 9.63. The second-order valence-electron chi connectivity index (χ2n) is 3.18. The molecule has 0 aliphatic heterocycles. The molecule has 0 bridgehead atoms. The zero-order valence-electron chi connectivity index (χ0n) is 12.1. The van der Waals surface area contributed by atoms with Crippen LogP contribution in [0.3, 0.4) is 0 Å². The van der Waals surface area contributed by atoms with Gasteiger partial charge in [0.25, 0.3) is 15.3 Å². The fourth-order valence-electron chi connectivity index (χ4n) is 0.653. The van der Waals surface area contributed by atoms with Crippen LogP contribution in [-0.2, 0) is 4.74 Å². The number of ether oxygens (including phenoxy) is 1. The smallest absolute Gasteiger partial charge is 0.291 e. The highest BCUT2D eigenvalue weighted by molar-refractivity contribution is 4.49. The van der Waals surface area contributed by atoms with Crippen molar-refractivity contribution in [2.75, 3.05) is 26.4 Å². The van der Waals surface area contributed by atoms with Gasteiger partial charge in [0.2, 0.25) is 0 Å². The second-order valence-corrected chi connectivity index (χ2v) is 3.18. The van der Waals surface area contributed by atoms with E-state index in [1.807, 2.05) is 0 Å². The van der Waals surface area contributed by atoms with E-state index in [2.05, 4.69) is 5.18 Å². The summed E-state index contributed by atoms with van der Waals surface area (Å²) in [7, 11) is 0. The van der Waals surface area contributed by atoms with E-state index in [1.54, 1.807) is 0 Å². The van der Waals surface area contributed by atoms with E-state index in [0.29, 0.717) is 19.6 Å². The number of aliphatic hydroxyl groups is 2. The average molecular weight is 366 g/mol. The molecule has 1 atom stereocenters. The molecule has 24 heavy (non-hydrogen) atoms. The first-order valence-electron chi connectivity index (χ1n) is 5.66. The minimum atomic E-state index is -1.50. The lowest BCUT2D eigenvalue weighted by atomic mass is 10.3. The van der Waals surface area contributed by atoms with Crippen LogP contribution in [-0.4, -0.2) is 73.6 Å². The quantitative estimate of drug-likeness (QED) is 0.147. The standard InChI is InChI=1S/C7H15NO4.3HNO3/c9-5-7(10)6-12-4-2-1-3-8-11;3*2-1(3)4/h7,9-10H,1-6H2;3*(H,2,3,4). The molecule has 1 unspecified atom stereocenters. The molecule has 0 fully saturated rings. The molecule has 17 heteroatoms. The third-order valence-electron chi connectivity index (χ3n) is 1.31. The fraction of sp³-hybridized carbons (Fsp3) is 1.00. The topological polar surface area (TPSA) is 269 Å². The minimum absolute atomic E-state index is 0.144. The van der Waals surface area contributed by atoms with E-state index in [9.17, 15) is 4.91 Å².